The molecule has 4 heteroatoms. The summed E-state index contributed by atoms with van der Waals surface area (Å²) in [4.78, 5) is 8.09. The van der Waals surface area contributed by atoms with Gasteiger partial charge in [-0.2, -0.15) is 0 Å². The van der Waals surface area contributed by atoms with Crippen molar-refractivity contribution in [3.8, 4) is 0 Å². The van der Waals surface area contributed by atoms with Gasteiger partial charge in [-0.1, -0.05) is 26.0 Å². The summed E-state index contributed by atoms with van der Waals surface area (Å²) in [5.41, 5.74) is 1.11. The first-order valence-corrected chi connectivity index (χ1v) is 5.56. The zero-order valence-corrected chi connectivity index (χ0v) is 9.92. The summed E-state index contributed by atoms with van der Waals surface area (Å²) < 4.78 is 13.5. The van der Waals surface area contributed by atoms with Crippen LogP contribution in [0.15, 0.2) is 18.2 Å². The largest absolute Gasteiger partial charge is 0.223 e. The van der Waals surface area contributed by atoms with Gasteiger partial charge in [0.1, 0.15) is 11.3 Å². The molecule has 0 aliphatic rings. The molecule has 0 aliphatic heterocycles. The topological polar surface area (TPSA) is 25.8 Å². The lowest BCUT2D eigenvalue weighted by Crippen LogP contribution is -2.01. The summed E-state index contributed by atoms with van der Waals surface area (Å²) in [6, 6.07) is 4.87. The summed E-state index contributed by atoms with van der Waals surface area (Å²) in [6.07, 6.45) is 0.766. The van der Waals surface area contributed by atoms with E-state index in [0.29, 0.717) is 11.4 Å². The zero-order chi connectivity index (χ0) is 11.7. The molecule has 1 aromatic carbocycles. The molecule has 84 valence electrons. The first kappa shape index (κ1) is 11.3. The first-order chi connectivity index (χ1) is 7.58. The third-order valence-corrected chi connectivity index (χ3v) is 2.50. The first-order valence-electron chi connectivity index (χ1n) is 5.18. The second kappa shape index (κ2) is 4.34. The smallest absolute Gasteiger partial charge is 0.222 e. The molecule has 0 radical (unpaired) electrons. The molecule has 0 aliphatic carbocycles. The Kier molecular flexibility index (Phi) is 3.06. The van der Waals surface area contributed by atoms with Gasteiger partial charge in [0.15, 0.2) is 0 Å². The number of para-hydroxylation sites is 1. The van der Waals surface area contributed by atoms with Gasteiger partial charge in [0.2, 0.25) is 5.28 Å². The van der Waals surface area contributed by atoms with Crippen molar-refractivity contribution in [2.45, 2.75) is 20.3 Å². The molecule has 0 N–H and O–H groups in total. The van der Waals surface area contributed by atoms with Crippen LogP contribution in [0.3, 0.4) is 0 Å². The molecule has 2 rings (SSSR count). The summed E-state index contributed by atoms with van der Waals surface area (Å²) in [5.74, 6) is 0.0873. The van der Waals surface area contributed by atoms with Gasteiger partial charge in [0.25, 0.3) is 0 Å². The number of benzene rings is 1. The van der Waals surface area contributed by atoms with Crippen molar-refractivity contribution in [2.75, 3.05) is 0 Å². The lowest BCUT2D eigenvalue weighted by Gasteiger charge is -2.08. The minimum atomic E-state index is -0.355. The van der Waals surface area contributed by atoms with Gasteiger partial charge in [-0.3, -0.25) is 0 Å². The van der Waals surface area contributed by atoms with E-state index in [4.69, 9.17) is 11.6 Å². The third kappa shape index (κ3) is 2.14. The Balaban J connectivity index is 2.68. The second-order valence-corrected chi connectivity index (χ2v) is 4.51. The summed E-state index contributed by atoms with van der Waals surface area (Å²) in [6.45, 7) is 4.17. The number of nitrogens with zero attached hydrogens (tertiary/aromatic N) is 2. The molecular formula is C12H12ClFN2. The highest BCUT2D eigenvalue weighted by molar-refractivity contribution is 6.28. The molecule has 2 aromatic rings. The summed E-state index contributed by atoms with van der Waals surface area (Å²) >= 11 is 5.79. The standard InChI is InChI=1S/C12H12ClFN2/c1-7(2)6-10-8-4-3-5-9(14)11(8)16-12(13)15-10/h3-5,7H,6H2,1-2H3. The SMILES string of the molecule is CC(C)Cc1nc(Cl)nc2c(F)cccc12. The monoisotopic (exact) mass is 238 g/mol. The van der Waals surface area contributed by atoms with E-state index in [1.54, 1.807) is 6.07 Å². The minimum absolute atomic E-state index is 0.105. The van der Waals surface area contributed by atoms with Gasteiger partial charge < -0.3 is 0 Å². The normalized spacial score (nSPS) is 11.3. The van der Waals surface area contributed by atoms with Crippen molar-refractivity contribution >= 4 is 22.5 Å². The average molecular weight is 239 g/mol. The Morgan fingerprint density at radius 1 is 1.31 bits per heavy atom. The fourth-order valence-corrected chi connectivity index (χ4v) is 1.88. The summed E-state index contributed by atoms with van der Waals surface area (Å²) in [7, 11) is 0. The molecule has 1 aromatic heterocycles. The van der Waals surface area contributed by atoms with Crippen molar-refractivity contribution in [2.24, 2.45) is 5.92 Å². The molecule has 0 saturated carbocycles. The van der Waals surface area contributed by atoms with E-state index < -0.39 is 0 Å². The maximum absolute atomic E-state index is 13.5. The van der Waals surface area contributed by atoms with Gasteiger partial charge in [-0.25, -0.2) is 14.4 Å². The van der Waals surface area contributed by atoms with Crippen LogP contribution in [-0.4, -0.2) is 9.97 Å². The molecule has 1 heterocycles. The highest BCUT2D eigenvalue weighted by Gasteiger charge is 2.10. The summed E-state index contributed by atoms with van der Waals surface area (Å²) in [5, 5.41) is 0.853. The van der Waals surface area contributed by atoms with Gasteiger partial charge in [-0.15, -0.1) is 0 Å². The Hall–Kier alpha value is -1.22. The predicted octanol–water partition coefficient (Wildman–Crippen LogP) is 3.62. The van der Waals surface area contributed by atoms with Crippen LogP contribution in [0.5, 0.6) is 0 Å². The Morgan fingerprint density at radius 3 is 2.75 bits per heavy atom. The molecule has 16 heavy (non-hydrogen) atoms. The van der Waals surface area contributed by atoms with E-state index >= 15 is 0 Å². The van der Waals surface area contributed by atoms with E-state index in [9.17, 15) is 4.39 Å². The van der Waals surface area contributed by atoms with Crippen molar-refractivity contribution in [1.82, 2.24) is 9.97 Å². The molecular weight excluding hydrogens is 227 g/mol. The molecule has 0 saturated heterocycles. The Morgan fingerprint density at radius 2 is 2.06 bits per heavy atom. The highest BCUT2D eigenvalue weighted by atomic mass is 35.5. The van der Waals surface area contributed by atoms with Crippen molar-refractivity contribution in [3.63, 3.8) is 0 Å². The van der Waals surface area contributed by atoms with Crippen LogP contribution in [-0.2, 0) is 6.42 Å². The lowest BCUT2D eigenvalue weighted by molar-refractivity contribution is 0.629. The Bertz CT molecular complexity index is 526. The quantitative estimate of drug-likeness (QED) is 0.747. The molecule has 2 nitrogen and oxygen atoms in total. The number of hydrogen-bond acceptors (Lipinski definition) is 2. The predicted molar refractivity (Wildman–Crippen MR) is 63.0 cm³/mol. The van der Waals surface area contributed by atoms with Crippen molar-refractivity contribution in [1.29, 1.82) is 0 Å². The van der Waals surface area contributed by atoms with Crippen LogP contribution in [0.25, 0.3) is 10.9 Å². The van der Waals surface area contributed by atoms with Crippen LogP contribution in [0.4, 0.5) is 4.39 Å². The highest BCUT2D eigenvalue weighted by Crippen LogP contribution is 2.22. The van der Waals surface area contributed by atoms with Crippen LogP contribution >= 0.6 is 11.6 Å². The number of hydrogen-bond donors (Lipinski definition) is 0. The van der Waals surface area contributed by atoms with Crippen molar-refractivity contribution in [3.05, 3.63) is 35.0 Å². The van der Waals surface area contributed by atoms with E-state index in [2.05, 4.69) is 23.8 Å². The van der Waals surface area contributed by atoms with E-state index in [1.807, 2.05) is 6.07 Å². The number of aromatic nitrogens is 2. The fourth-order valence-electron chi connectivity index (χ4n) is 1.69. The number of rotatable bonds is 2. The Labute approximate surface area is 98.5 Å². The zero-order valence-electron chi connectivity index (χ0n) is 9.17. The molecule has 0 amide bonds. The van der Waals surface area contributed by atoms with E-state index in [-0.39, 0.29) is 11.1 Å². The second-order valence-electron chi connectivity index (χ2n) is 4.17. The fraction of sp³-hybridized carbons (Fsp3) is 0.333. The van der Waals surface area contributed by atoms with Crippen LogP contribution in [0, 0.1) is 11.7 Å². The maximum atomic E-state index is 13.5. The van der Waals surface area contributed by atoms with Crippen LogP contribution in [0.2, 0.25) is 5.28 Å². The third-order valence-electron chi connectivity index (χ3n) is 2.33. The van der Waals surface area contributed by atoms with Crippen LogP contribution in [0.1, 0.15) is 19.5 Å². The van der Waals surface area contributed by atoms with Gasteiger partial charge >= 0.3 is 0 Å². The van der Waals surface area contributed by atoms with Crippen molar-refractivity contribution < 1.29 is 4.39 Å². The maximum Gasteiger partial charge on any atom is 0.223 e. The number of halogens is 2. The minimum Gasteiger partial charge on any atom is -0.222 e. The van der Waals surface area contributed by atoms with Gasteiger partial charge in [0.05, 0.1) is 5.69 Å². The van der Waals surface area contributed by atoms with E-state index in [0.717, 1.165) is 17.5 Å². The average Bonchev–Trinajstić information content (AvgIpc) is 2.18. The van der Waals surface area contributed by atoms with E-state index in [1.165, 1.54) is 6.07 Å². The van der Waals surface area contributed by atoms with Gasteiger partial charge in [0, 0.05) is 5.39 Å². The molecule has 0 spiro atoms. The molecule has 0 bridgehead atoms. The molecule has 0 fully saturated rings. The molecule has 0 atom stereocenters. The lowest BCUT2D eigenvalue weighted by atomic mass is 10.0. The number of fused-ring (bicyclic) bond motifs is 1. The molecule has 0 unspecified atom stereocenters. The van der Waals surface area contributed by atoms with Gasteiger partial charge in [-0.05, 0) is 30.0 Å². The van der Waals surface area contributed by atoms with Crippen LogP contribution < -0.4 is 0 Å².